The van der Waals surface area contributed by atoms with E-state index in [2.05, 4.69) is 5.32 Å². The molecule has 1 aromatic rings. The summed E-state index contributed by atoms with van der Waals surface area (Å²) in [6.07, 6.45) is -3.47. The Kier molecular flexibility index (Phi) is 2.64. The summed E-state index contributed by atoms with van der Waals surface area (Å²) in [6.45, 7) is 5.83. The Morgan fingerprint density at radius 3 is 2.53 bits per heavy atom. The Morgan fingerprint density at radius 2 is 1.94 bits per heavy atom. The van der Waals surface area contributed by atoms with Crippen molar-refractivity contribution < 1.29 is 13.2 Å². The maximum Gasteiger partial charge on any atom is 0.418 e. The highest BCUT2D eigenvalue weighted by atomic mass is 19.4. The van der Waals surface area contributed by atoms with Crippen LogP contribution in [0.25, 0.3) is 0 Å². The second-order valence-corrected chi connectivity index (χ2v) is 5.38. The summed E-state index contributed by atoms with van der Waals surface area (Å²) >= 11 is 0. The molecule has 0 radical (unpaired) electrons. The number of rotatable bonds is 0. The van der Waals surface area contributed by atoms with Crippen LogP contribution in [0.4, 0.5) is 18.9 Å². The highest BCUT2D eigenvalue weighted by molar-refractivity contribution is 5.63. The first-order valence-electron chi connectivity index (χ1n) is 5.69. The minimum atomic E-state index is -4.30. The van der Waals surface area contributed by atoms with Crippen LogP contribution in [0.2, 0.25) is 0 Å². The van der Waals surface area contributed by atoms with Gasteiger partial charge in [0.2, 0.25) is 0 Å². The third-order valence-electron chi connectivity index (χ3n) is 3.21. The largest absolute Gasteiger partial charge is 0.418 e. The number of benzene rings is 1. The van der Waals surface area contributed by atoms with Crippen molar-refractivity contribution >= 4 is 5.69 Å². The Labute approximate surface area is 99.0 Å². The summed E-state index contributed by atoms with van der Waals surface area (Å²) < 4.78 is 38.7. The summed E-state index contributed by atoms with van der Waals surface area (Å²) in [7, 11) is 0. The second-order valence-electron chi connectivity index (χ2n) is 5.38. The smallest absolute Gasteiger partial charge is 0.379 e. The van der Waals surface area contributed by atoms with Crippen molar-refractivity contribution in [1.82, 2.24) is 0 Å². The number of anilines is 1. The molecule has 1 aliphatic heterocycles. The number of hydrogen-bond donors (Lipinski definition) is 1. The highest BCUT2D eigenvalue weighted by Gasteiger charge is 2.38. The van der Waals surface area contributed by atoms with Crippen molar-refractivity contribution in [1.29, 1.82) is 0 Å². The van der Waals surface area contributed by atoms with E-state index in [1.165, 1.54) is 6.07 Å². The van der Waals surface area contributed by atoms with Gasteiger partial charge in [-0.1, -0.05) is 19.1 Å². The van der Waals surface area contributed by atoms with Gasteiger partial charge in [0.1, 0.15) is 0 Å². The molecule has 0 aliphatic carbocycles. The van der Waals surface area contributed by atoms with E-state index in [9.17, 15) is 13.2 Å². The molecule has 1 aromatic carbocycles. The zero-order valence-electron chi connectivity index (χ0n) is 10.2. The minimum Gasteiger partial charge on any atom is -0.379 e. The minimum absolute atomic E-state index is 0.142. The predicted octanol–water partition coefficient (Wildman–Crippen LogP) is 4.40. The van der Waals surface area contributed by atoms with Gasteiger partial charge in [-0.25, -0.2) is 0 Å². The Hall–Kier alpha value is -1.19. The third-order valence-corrected chi connectivity index (χ3v) is 3.21. The lowest BCUT2D eigenvalue weighted by atomic mass is 9.81. The van der Waals surface area contributed by atoms with E-state index in [-0.39, 0.29) is 17.1 Å². The van der Waals surface area contributed by atoms with Crippen LogP contribution in [-0.4, -0.2) is 5.54 Å². The van der Waals surface area contributed by atoms with Crippen molar-refractivity contribution in [2.45, 2.75) is 44.8 Å². The van der Waals surface area contributed by atoms with Crippen LogP contribution in [-0.2, 0) is 6.18 Å². The van der Waals surface area contributed by atoms with E-state index in [0.717, 1.165) is 18.1 Å². The van der Waals surface area contributed by atoms with Gasteiger partial charge in [0.05, 0.1) is 11.3 Å². The zero-order valence-corrected chi connectivity index (χ0v) is 10.2. The van der Waals surface area contributed by atoms with Crippen molar-refractivity contribution in [2.75, 3.05) is 5.32 Å². The summed E-state index contributed by atoms with van der Waals surface area (Å²) in [5.74, 6) is 0.142. The van der Waals surface area contributed by atoms with Crippen molar-refractivity contribution in [3.63, 3.8) is 0 Å². The molecule has 1 N–H and O–H groups in total. The molecule has 1 aliphatic rings. The first-order chi connectivity index (χ1) is 7.71. The third kappa shape index (κ3) is 2.26. The maximum absolute atomic E-state index is 12.9. The molecule has 1 unspecified atom stereocenters. The molecule has 2 rings (SSSR count). The molecule has 0 aromatic heterocycles. The molecule has 0 bridgehead atoms. The number of fused-ring (bicyclic) bond motifs is 1. The highest BCUT2D eigenvalue weighted by Crippen LogP contribution is 2.45. The molecular formula is C13H16F3N. The molecule has 0 spiro atoms. The van der Waals surface area contributed by atoms with Gasteiger partial charge in [0, 0.05) is 5.54 Å². The molecule has 1 heterocycles. The number of alkyl halides is 3. The first-order valence-corrected chi connectivity index (χ1v) is 5.69. The molecule has 0 saturated carbocycles. The number of hydrogen-bond acceptors (Lipinski definition) is 1. The van der Waals surface area contributed by atoms with Gasteiger partial charge in [0.25, 0.3) is 0 Å². The maximum atomic E-state index is 12.9. The van der Waals surface area contributed by atoms with E-state index in [0.29, 0.717) is 0 Å². The average Bonchev–Trinajstić information content (AvgIpc) is 2.13. The van der Waals surface area contributed by atoms with Crippen LogP contribution < -0.4 is 5.32 Å². The monoisotopic (exact) mass is 243 g/mol. The summed E-state index contributed by atoms with van der Waals surface area (Å²) in [4.78, 5) is 0. The molecule has 4 heteroatoms. The van der Waals surface area contributed by atoms with Crippen LogP contribution in [0.1, 0.15) is 44.2 Å². The zero-order chi connectivity index (χ0) is 12.8. The first kappa shape index (κ1) is 12.3. The fourth-order valence-electron chi connectivity index (χ4n) is 2.62. The summed E-state index contributed by atoms with van der Waals surface area (Å²) in [5, 5.41) is 3.02. The Morgan fingerprint density at radius 1 is 1.29 bits per heavy atom. The molecular weight excluding hydrogens is 227 g/mol. The molecule has 0 saturated heterocycles. The van der Waals surface area contributed by atoms with Gasteiger partial charge in [0.15, 0.2) is 0 Å². The quantitative estimate of drug-likeness (QED) is 0.712. The molecule has 94 valence electrons. The molecule has 1 nitrogen and oxygen atoms in total. The van der Waals surface area contributed by atoms with Crippen molar-refractivity contribution in [2.24, 2.45) is 0 Å². The van der Waals surface area contributed by atoms with Crippen LogP contribution >= 0.6 is 0 Å². The lowest BCUT2D eigenvalue weighted by molar-refractivity contribution is -0.137. The van der Waals surface area contributed by atoms with E-state index < -0.39 is 11.7 Å². The van der Waals surface area contributed by atoms with Gasteiger partial charge in [-0.15, -0.1) is 0 Å². The average molecular weight is 243 g/mol. The Balaban J connectivity index is 2.58. The van der Waals surface area contributed by atoms with Crippen molar-refractivity contribution in [3.05, 3.63) is 29.3 Å². The predicted molar refractivity (Wildman–Crippen MR) is 62.2 cm³/mol. The topological polar surface area (TPSA) is 12.0 Å². The SMILES string of the molecule is CC1CC(C)(C)Nc2c1cccc2C(F)(F)F. The van der Waals surface area contributed by atoms with Crippen LogP contribution in [0, 0.1) is 0 Å². The molecule has 1 atom stereocenters. The van der Waals surface area contributed by atoms with Crippen molar-refractivity contribution in [3.8, 4) is 0 Å². The fourth-order valence-corrected chi connectivity index (χ4v) is 2.62. The van der Waals surface area contributed by atoms with E-state index in [1.54, 1.807) is 6.07 Å². The van der Waals surface area contributed by atoms with Crippen LogP contribution in [0.15, 0.2) is 18.2 Å². The number of halogens is 3. The van der Waals surface area contributed by atoms with Gasteiger partial charge in [-0.2, -0.15) is 13.2 Å². The Bertz CT molecular complexity index is 435. The van der Waals surface area contributed by atoms with E-state index in [4.69, 9.17) is 0 Å². The van der Waals surface area contributed by atoms with Crippen LogP contribution in [0.5, 0.6) is 0 Å². The van der Waals surface area contributed by atoms with Crippen LogP contribution in [0.3, 0.4) is 0 Å². The molecule has 0 fully saturated rings. The lowest BCUT2D eigenvalue weighted by Gasteiger charge is -2.38. The summed E-state index contributed by atoms with van der Waals surface area (Å²) in [6, 6.07) is 4.40. The second kappa shape index (κ2) is 3.65. The molecule has 0 amide bonds. The lowest BCUT2D eigenvalue weighted by Crippen LogP contribution is -2.37. The standard InChI is InChI=1S/C13H16F3N/c1-8-7-12(2,3)17-11-9(8)5-4-6-10(11)13(14,15)16/h4-6,8,17H,7H2,1-3H3. The number of para-hydroxylation sites is 1. The van der Waals surface area contributed by atoms with Gasteiger partial charge < -0.3 is 5.32 Å². The van der Waals surface area contributed by atoms with E-state index >= 15 is 0 Å². The fraction of sp³-hybridized carbons (Fsp3) is 0.538. The molecule has 17 heavy (non-hydrogen) atoms. The van der Waals surface area contributed by atoms with Gasteiger partial charge in [-0.3, -0.25) is 0 Å². The van der Waals surface area contributed by atoms with Gasteiger partial charge in [-0.05, 0) is 37.8 Å². The normalized spacial score (nSPS) is 22.8. The summed E-state index contributed by atoms with van der Waals surface area (Å²) in [5.41, 5.74) is 0.158. The number of nitrogens with one attached hydrogen (secondary N) is 1. The van der Waals surface area contributed by atoms with Gasteiger partial charge >= 0.3 is 6.18 Å². The van der Waals surface area contributed by atoms with E-state index in [1.807, 2.05) is 20.8 Å².